The van der Waals surface area contributed by atoms with Gasteiger partial charge in [0.15, 0.2) is 5.82 Å². The molecule has 0 saturated carbocycles. The monoisotopic (exact) mass is 733 g/mol. The number of pyridine rings is 1. The molecular formula is C51H31N3OS. The minimum Gasteiger partial charge on any atom is -0.455 e. The molecule has 262 valence electrons. The first-order chi connectivity index (χ1) is 27.7. The fourth-order valence-corrected chi connectivity index (χ4v) is 9.12. The van der Waals surface area contributed by atoms with E-state index in [1.807, 2.05) is 66.1 Å². The summed E-state index contributed by atoms with van der Waals surface area (Å²) < 4.78 is 9.32. The van der Waals surface area contributed by atoms with Gasteiger partial charge in [0.25, 0.3) is 0 Å². The van der Waals surface area contributed by atoms with Gasteiger partial charge in [-0.25, -0.2) is 9.97 Å². The summed E-state index contributed by atoms with van der Waals surface area (Å²) in [7, 11) is 0. The quantitative estimate of drug-likeness (QED) is 0.171. The van der Waals surface area contributed by atoms with E-state index in [1.165, 1.54) is 31.3 Å². The van der Waals surface area contributed by atoms with Crippen molar-refractivity contribution in [1.29, 1.82) is 0 Å². The van der Waals surface area contributed by atoms with E-state index in [9.17, 15) is 0 Å². The van der Waals surface area contributed by atoms with Crippen LogP contribution in [0.25, 0.3) is 110 Å². The van der Waals surface area contributed by atoms with Crippen LogP contribution in [0.5, 0.6) is 0 Å². The summed E-state index contributed by atoms with van der Waals surface area (Å²) in [5, 5.41) is 4.83. The Kier molecular flexibility index (Phi) is 7.64. The normalized spacial score (nSPS) is 11.6. The molecule has 4 aromatic heterocycles. The molecule has 0 fully saturated rings. The highest BCUT2D eigenvalue weighted by molar-refractivity contribution is 7.26. The molecule has 56 heavy (non-hydrogen) atoms. The van der Waals surface area contributed by atoms with Crippen LogP contribution >= 0.6 is 11.3 Å². The van der Waals surface area contributed by atoms with Gasteiger partial charge in [0.1, 0.15) is 11.2 Å². The average Bonchev–Trinajstić information content (AvgIpc) is 3.86. The summed E-state index contributed by atoms with van der Waals surface area (Å²) in [5.41, 5.74) is 12.9. The first kappa shape index (κ1) is 32.2. The predicted octanol–water partition coefficient (Wildman–Crippen LogP) is 14.1. The summed E-state index contributed by atoms with van der Waals surface area (Å²) in [4.78, 5) is 14.8. The summed E-state index contributed by atoms with van der Waals surface area (Å²) in [5.74, 6) is 0.663. The van der Waals surface area contributed by atoms with Gasteiger partial charge in [-0.1, -0.05) is 140 Å². The van der Waals surface area contributed by atoms with E-state index < -0.39 is 0 Å². The molecule has 0 radical (unpaired) electrons. The van der Waals surface area contributed by atoms with Crippen LogP contribution in [0.1, 0.15) is 0 Å². The maximum atomic E-state index is 6.74. The van der Waals surface area contributed by atoms with Crippen LogP contribution in [0.4, 0.5) is 0 Å². The van der Waals surface area contributed by atoms with Crippen LogP contribution in [0.15, 0.2) is 193 Å². The van der Waals surface area contributed by atoms with Crippen LogP contribution in [0.3, 0.4) is 0 Å². The van der Waals surface area contributed by atoms with Crippen molar-refractivity contribution in [2.45, 2.75) is 0 Å². The second kappa shape index (κ2) is 13.3. The van der Waals surface area contributed by atoms with Gasteiger partial charge in [0, 0.05) is 70.5 Å². The molecule has 0 bridgehead atoms. The largest absolute Gasteiger partial charge is 0.455 e. The van der Waals surface area contributed by atoms with E-state index in [0.717, 1.165) is 72.4 Å². The molecule has 0 N–H and O–H groups in total. The molecule has 7 aromatic carbocycles. The highest BCUT2D eigenvalue weighted by atomic mass is 32.1. The number of thiophene rings is 1. The zero-order valence-electron chi connectivity index (χ0n) is 30.1. The predicted molar refractivity (Wildman–Crippen MR) is 233 cm³/mol. The molecule has 4 nitrogen and oxygen atoms in total. The van der Waals surface area contributed by atoms with Gasteiger partial charge < -0.3 is 4.42 Å². The minimum absolute atomic E-state index is 0.663. The van der Waals surface area contributed by atoms with Crippen LogP contribution in [-0.4, -0.2) is 15.0 Å². The molecule has 0 spiro atoms. The van der Waals surface area contributed by atoms with E-state index in [4.69, 9.17) is 14.4 Å². The maximum Gasteiger partial charge on any atom is 0.160 e. The third-order valence-corrected chi connectivity index (χ3v) is 11.8. The minimum atomic E-state index is 0.663. The summed E-state index contributed by atoms with van der Waals surface area (Å²) in [6.45, 7) is 0. The molecule has 5 heteroatoms. The molecule has 0 aliphatic carbocycles. The number of hydrogen-bond donors (Lipinski definition) is 0. The lowest BCUT2D eigenvalue weighted by molar-refractivity contribution is 0.670. The van der Waals surface area contributed by atoms with Gasteiger partial charge in [-0.15, -0.1) is 11.3 Å². The number of benzene rings is 7. The number of aromatic nitrogens is 3. The lowest BCUT2D eigenvalue weighted by Crippen LogP contribution is -1.96. The number of hydrogen-bond acceptors (Lipinski definition) is 5. The molecule has 0 amide bonds. The molecule has 0 aliphatic rings. The Bertz CT molecular complexity index is 3240. The van der Waals surface area contributed by atoms with Crippen LogP contribution in [0.2, 0.25) is 0 Å². The zero-order valence-corrected chi connectivity index (χ0v) is 30.9. The van der Waals surface area contributed by atoms with Gasteiger partial charge in [-0.3, -0.25) is 4.98 Å². The number of rotatable bonds is 6. The third-order valence-electron chi connectivity index (χ3n) is 10.6. The third kappa shape index (κ3) is 5.48. The Labute approximate surface area is 327 Å². The fraction of sp³-hybridized carbons (Fsp3) is 0. The number of para-hydroxylation sites is 1. The van der Waals surface area contributed by atoms with Crippen molar-refractivity contribution >= 4 is 53.4 Å². The molecular weight excluding hydrogens is 703 g/mol. The van der Waals surface area contributed by atoms with Gasteiger partial charge in [-0.05, 0) is 53.6 Å². The topological polar surface area (TPSA) is 51.8 Å². The second-order valence-electron chi connectivity index (χ2n) is 13.9. The van der Waals surface area contributed by atoms with Crippen molar-refractivity contribution in [1.82, 2.24) is 15.0 Å². The molecule has 0 aliphatic heterocycles. The van der Waals surface area contributed by atoms with Crippen molar-refractivity contribution in [3.05, 3.63) is 188 Å². The Morgan fingerprint density at radius 1 is 0.411 bits per heavy atom. The highest BCUT2D eigenvalue weighted by Gasteiger charge is 2.20. The van der Waals surface area contributed by atoms with Gasteiger partial charge >= 0.3 is 0 Å². The number of furan rings is 1. The van der Waals surface area contributed by atoms with Crippen molar-refractivity contribution in [2.24, 2.45) is 0 Å². The van der Waals surface area contributed by atoms with Crippen molar-refractivity contribution in [3.8, 4) is 67.4 Å². The van der Waals surface area contributed by atoms with Crippen LogP contribution in [-0.2, 0) is 0 Å². The van der Waals surface area contributed by atoms with Gasteiger partial charge in [0.2, 0.25) is 0 Å². The first-order valence-electron chi connectivity index (χ1n) is 18.7. The summed E-state index contributed by atoms with van der Waals surface area (Å²) >= 11 is 1.85. The van der Waals surface area contributed by atoms with Crippen molar-refractivity contribution in [3.63, 3.8) is 0 Å². The average molecular weight is 734 g/mol. The maximum absolute atomic E-state index is 6.74. The fourth-order valence-electron chi connectivity index (χ4n) is 7.89. The molecule has 0 unspecified atom stereocenters. The molecule has 0 atom stereocenters. The van der Waals surface area contributed by atoms with Crippen molar-refractivity contribution in [2.75, 3.05) is 0 Å². The van der Waals surface area contributed by atoms with E-state index in [1.54, 1.807) is 0 Å². The number of fused-ring (bicyclic) bond motifs is 6. The molecule has 0 saturated heterocycles. The summed E-state index contributed by atoms with van der Waals surface area (Å²) in [6, 6.07) is 63.5. The van der Waals surface area contributed by atoms with E-state index in [2.05, 4.69) is 138 Å². The summed E-state index contributed by atoms with van der Waals surface area (Å²) in [6.07, 6.45) is 1.82. The first-order valence-corrected chi connectivity index (χ1v) is 19.5. The van der Waals surface area contributed by atoms with Gasteiger partial charge in [0.05, 0.1) is 17.1 Å². The van der Waals surface area contributed by atoms with Crippen LogP contribution < -0.4 is 0 Å². The SMILES string of the molecule is c1ccc(-c2cc(-c3ccc(-c4ccc(-c5cccc6c5sc5ccccc56)c5c4oc4ccccc45)cc3)nc(-c3cccc(-c4ccccn4)c3)n2)cc1. The van der Waals surface area contributed by atoms with Gasteiger partial charge in [-0.2, -0.15) is 0 Å². The molecule has 11 rings (SSSR count). The Hall–Kier alpha value is -7.21. The smallest absolute Gasteiger partial charge is 0.160 e. The lowest BCUT2D eigenvalue weighted by atomic mass is 9.93. The molecule has 11 aromatic rings. The molecule has 4 heterocycles. The van der Waals surface area contributed by atoms with E-state index in [-0.39, 0.29) is 0 Å². The van der Waals surface area contributed by atoms with E-state index >= 15 is 0 Å². The van der Waals surface area contributed by atoms with Crippen molar-refractivity contribution < 1.29 is 4.42 Å². The lowest BCUT2D eigenvalue weighted by Gasteiger charge is -2.12. The highest BCUT2D eigenvalue weighted by Crippen LogP contribution is 2.46. The Balaban J connectivity index is 1.03. The zero-order chi connectivity index (χ0) is 37.0. The standard InChI is InChI=1S/C51H31N3OS/c1-2-12-33(13-3-1)44-31-45(54-51(53-44)36-15-10-14-35(30-36)43-20-8-9-29-52-43)34-25-23-32(24-26-34)37-27-28-39(48-42-17-4-6-21-46(42)55-49(37)48)41-19-11-18-40-38-16-5-7-22-47(38)56-50(40)41/h1-31H. The second-order valence-corrected chi connectivity index (χ2v) is 15.0. The Morgan fingerprint density at radius 2 is 1.07 bits per heavy atom. The van der Waals surface area contributed by atoms with Crippen LogP contribution in [0, 0.1) is 0 Å². The van der Waals surface area contributed by atoms with E-state index in [0.29, 0.717) is 5.82 Å². The number of nitrogens with zero attached hydrogens (tertiary/aromatic N) is 3. The Morgan fingerprint density at radius 3 is 1.91 bits per heavy atom.